The molecule has 120 valence electrons. The molecule has 1 aromatic rings. The Balaban J connectivity index is 2.04. The highest BCUT2D eigenvalue weighted by Gasteiger charge is 2.34. The van der Waals surface area contributed by atoms with Crippen molar-refractivity contribution in [2.45, 2.75) is 57.2 Å². The third-order valence-corrected chi connectivity index (χ3v) is 6.60. The molecule has 1 fully saturated rings. The van der Waals surface area contributed by atoms with Crippen molar-refractivity contribution in [3.05, 3.63) is 15.8 Å². The second kappa shape index (κ2) is 7.19. The molecule has 0 radical (unpaired) electrons. The van der Waals surface area contributed by atoms with E-state index in [0.717, 1.165) is 29.8 Å². The summed E-state index contributed by atoms with van der Waals surface area (Å²) in [5, 5.41) is 5.10. The Bertz CT molecular complexity index is 563. The average molecular weight is 332 g/mol. The number of sulfonamides is 1. The van der Waals surface area contributed by atoms with Crippen LogP contribution >= 0.6 is 11.3 Å². The molecule has 7 heteroatoms. The fourth-order valence-electron chi connectivity index (χ4n) is 2.52. The van der Waals surface area contributed by atoms with Gasteiger partial charge >= 0.3 is 0 Å². The lowest BCUT2D eigenvalue weighted by atomic mass is 9.90. The van der Waals surface area contributed by atoms with Gasteiger partial charge in [-0.3, -0.25) is 0 Å². The molecular weight excluding hydrogens is 308 g/mol. The Kier molecular flexibility index (Phi) is 5.79. The smallest absolute Gasteiger partial charge is 0.242 e. The van der Waals surface area contributed by atoms with Crippen LogP contribution in [0.2, 0.25) is 0 Å². The first kappa shape index (κ1) is 16.9. The summed E-state index contributed by atoms with van der Waals surface area (Å²) in [5.41, 5.74) is 0.820. The van der Waals surface area contributed by atoms with Crippen LogP contribution in [0.25, 0.3) is 0 Å². The van der Waals surface area contributed by atoms with Crippen LogP contribution in [-0.4, -0.2) is 33.7 Å². The van der Waals surface area contributed by atoms with E-state index in [0.29, 0.717) is 18.0 Å². The van der Waals surface area contributed by atoms with Gasteiger partial charge in [0.2, 0.25) is 10.0 Å². The zero-order chi connectivity index (χ0) is 15.5. The normalized spacial score (nSPS) is 22.2. The topological polar surface area (TPSA) is 67.4 Å². The second-order valence-electron chi connectivity index (χ2n) is 5.32. The third kappa shape index (κ3) is 4.04. The number of hydrogen-bond acceptors (Lipinski definition) is 5. The van der Waals surface area contributed by atoms with Gasteiger partial charge in [0, 0.05) is 24.1 Å². The van der Waals surface area contributed by atoms with Crippen LogP contribution in [0.1, 0.15) is 37.1 Å². The van der Waals surface area contributed by atoms with Crippen molar-refractivity contribution in [2.75, 3.05) is 13.2 Å². The highest BCUT2D eigenvalue weighted by molar-refractivity contribution is 7.89. The van der Waals surface area contributed by atoms with Gasteiger partial charge in [0.25, 0.3) is 0 Å². The SMILES string of the molecule is CCNCc1scc(C)c1S(=O)(=O)NC1CC(OCC)C1. The first-order valence-electron chi connectivity index (χ1n) is 7.39. The third-order valence-electron chi connectivity index (χ3n) is 3.61. The molecule has 0 aliphatic heterocycles. The number of ether oxygens (including phenoxy) is 1. The van der Waals surface area contributed by atoms with Crippen molar-refractivity contribution in [1.29, 1.82) is 0 Å². The van der Waals surface area contributed by atoms with Crippen molar-refractivity contribution >= 4 is 21.4 Å². The summed E-state index contributed by atoms with van der Waals surface area (Å²) in [7, 11) is -3.44. The van der Waals surface area contributed by atoms with Gasteiger partial charge < -0.3 is 10.1 Å². The highest BCUT2D eigenvalue weighted by Crippen LogP contribution is 2.30. The highest BCUT2D eigenvalue weighted by atomic mass is 32.2. The van der Waals surface area contributed by atoms with E-state index in [1.807, 2.05) is 26.2 Å². The average Bonchev–Trinajstić information content (AvgIpc) is 2.75. The van der Waals surface area contributed by atoms with E-state index in [9.17, 15) is 8.42 Å². The van der Waals surface area contributed by atoms with E-state index in [4.69, 9.17) is 4.74 Å². The fraction of sp³-hybridized carbons (Fsp3) is 0.714. The fourth-order valence-corrected chi connectivity index (χ4v) is 5.56. The van der Waals surface area contributed by atoms with Gasteiger partial charge in [-0.05, 0) is 44.2 Å². The lowest BCUT2D eigenvalue weighted by molar-refractivity contribution is -0.00476. The van der Waals surface area contributed by atoms with Crippen LogP contribution in [0.4, 0.5) is 0 Å². The van der Waals surface area contributed by atoms with Crippen molar-refractivity contribution in [1.82, 2.24) is 10.0 Å². The van der Waals surface area contributed by atoms with E-state index in [1.165, 1.54) is 11.3 Å². The Hall–Kier alpha value is -0.470. The van der Waals surface area contributed by atoms with Crippen molar-refractivity contribution in [2.24, 2.45) is 0 Å². The Morgan fingerprint density at radius 1 is 1.38 bits per heavy atom. The lowest BCUT2D eigenvalue weighted by Crippen LogP contribution is -2.47. The van der Waals surface area contributed by atoms with Crippen LogP contribution in [0.5, 0.6) is 0 Å². The Morgan fingerprint density at radius 2 is 2.10 bits per heavy atom. The summed E-state index contributed by atoms with van der Waals surface area (Å²) in [6.07, 6.45) is 1.73. The summed E-state index contributed by atoms with van der Waals surface area (Å²) in [6, 6.07) is -0.00201. The van der Waals surface area contributed by atoms with E-state index in [2.05, 4.69) is 10.0 Å². The largest absolute Gasteiger partial charge is 0.378 e. The molecule has 1 aliphatic carbocycles. The van der Waals surface area contributed by atoms with Gasteiger partial charge in [-0.15, -0.1) is 11.3 Å². The molecular formula is C14H24N2O3S2. The maximum Gasteiger partial charge on any atom is 0.242 e. The number of thiophene rings is 1. The van der Waals surface area contributed by atoms with Gasteiger partial charge in [0.15, 0.2) is 0 Å². The summed E-state index contributed by atoms with van der Waals surface area (Å²) in [4.78, 5) is 1.33. The molecule has 21 heavy (non-hydrogen) atoms. The minimum absolute atomic E-state index is 0.00201. The van der Waals surface area contributed by atoms with E-state index in [-0.39, 0.29) is 12.1 Å². The van der Waals surface area contributed by atoms with Gasteiger partial charge in [-0.2, -0.15) is 0 Å². The van der Waals surface area contributed by atoms with Crippen LogP contribution in [-0.2, 0) is 21.3 Å². The quantitative estimate of drug-likeness (QED) is 0.764. The molecule has 1 aromatic heterocycles. The summed E-state index contributed by atoms with van der Waals surface area (Å²) in [6.45, 7) is 7.92. The number of aryl methyl sites for hydroxylation is 1. The molecule has 1 heterocycles. The predicted octanol–water partition coefficient (Wildman–Crippen LogP) is 2.01. The number of nitrogens with one attached hydrogen (secondary N) is 2. The minimum Gasteiger partial charge on any atom is -0.378 e. The van der Waals surface area contributed by atoms with Gasteiger partial charge in [0.1, 0.15) is 4.90 Å². The molecule has 0 aromatic carbocycles. The molecule has 0 amide bonds. The van der Waals surface area contributed by atoms with Crippen molar-refractivity contribution in [3.63, 3.8) is 0 Å². The number of hydrogen-bond donors (Lipinski definition) is 2. The summed E-state index contributed by atoms with van der Waals surface area (Å²) >= 11 is 1.50. The second-order valence-corrected chi connectivity index (χ2v) is 7.93. The van der Waals surface area contributed by atoms with E-state index in [1.54, 1.807) is 0 Å². The van der Waals surface area contributed by atoms with E-state index < -0.39 is 10.0 Å². The van der Waals surface area contributed by atoms with Crippen molar-refractivity contribution in [3.8, 4) is 0 Å². The molecule has 2 N–H and O–H groups in total. The maximum atomic E-state index is 12.6. The predicted molar refractivity (Wildman–Crippen MR) is 85.2 cm³/mol. The molecule has 2 rings (SSSR count). The molecule has 1 aliphatic rings. The van der Waals surface area contributed by atoms with Gasteiger partial charge in [0.05, 0.1) is 6.10 Å². The Morgan fingerprint density at radius 3 is 2.71 bits per heavy atom. The van der Waals surface area contributed by atoms with Crippen LogP contribution < -0.4 is 10.0 Å². The molecule has 5 nitrogen and oxygen atoms in total. The standard InChI is InChI=1S/C14H24N2O3S2/c1-4-15-8-13-14(10(3)9-20-13)21(17,18)16-11-6-12(7-11)19-5-2/h9,11-12,15-16H,4-8H2,1-3H3. The molecule has 0 unspecified atom stereocenters. The zero-order valence-corrected chi connectivity index (χ0v) is 14.4. The zero-order valence-electron chi connectivity index (χ0n) is 12.8. The Labute approximate surface area is 131 Å². The molecule has 1 saturated carbocycles. The summed E-state index contributed by atoms with van der Waals surface area (Å²) < 4.78 is 33.5. The van der Waals surface area contributed by atoms with Crippen molar-refractivity contribution < 1.29 is 13.2 Å². The molecule has 0 atom stereocenters. The molecule has 0 spiro atoms. The monoisotopic (exact) mass is 332 g/mol. The molecule has 0 bridgehead atoms. The van der Waals surface area contributed by atoms with Gasteiger partial charge in [-0.1, -0.05) is 6.92 Å². The number of rotatable bonds is 8. The maximum absolute atomic E-state index is 12.6. The summed E-state index contributed by atoms with van der Waals surface area (Å²) in [5.74, 6) is 0. The van der Waals surface area contributed by atoms with Crippen LogP contribution in [0.15, 0.2) is 10.3 Å². The van der Waals surface area contributed by atoms with Gasteiger partial charge in [-0.25, -0.2) is 13.1 Å². The van der Waals surface area contributed by atoms with Crippen LogP contribution in [0.3, 0.4) is 0 Å². The first-order chi connectivity index (χ1) is 9.97. The van der Waals surface area contributed by atoms with E-state index >= 15 is 0 Å². The molecule has 0 saturated heterocycles. The van der Waals surface area contributed by atoms with Crippen LogP contribution in [0, 0.1) is 6.92 Å². The first-order valence-corrected chi connectivity index (χ1v) is 9.75. The lowest BCUT2D eigenvalue weighted by Gasteiger charge is -2.35. The minimum atomic E-state index is -3.44.